The van der Waals surface area contributed by atoms with Crippen LogP contribution in [0.3, 0.4) is 0 Å². The van der Waals surface area contributed by atoms with Crippen molar-refractivity contribution in [2.24, 2.45) is 0 Å². The molecule has 1 atom stereocenters. The highest BCUT2D eigenvalue weighted by atomic mass is 79.9. The van der Waals surface area contributed by atoms with Crippen LogP contribution < -0.4 is 15.8 Å². The number of nitrogens with one attached hydrogen (secondary N) is 2. The molecule has 0 fully saturated rings. The van der Waals surface area contributed by atoms with E-state index in [1.807, 2.05) is 0 Å². The van der Waals surface area contributed by atoms with Gasteiger partial charge in [-0.15, -0.1) is 0 Å². The molecule has 0 radical (unpaired) electrons. The van der Waals surface area contributed by atoms with Gasteiger partial charge in [0.25, 0.3) is 0 Å². The van der Waals surface area contributed by atoms with E-state index in [2.05, 4.69) is 26.0 Å². The third kappa shape index (κ3) is 4.19. The number of anilines is 1. The molecule has 0 bridgehead atoms. The first-order valence-electron chi connectivity index (χ1n) is 5.63. The van der Waals surface area contributed by atoms with Crippen molar-refractivity contribution < 1.29 is 13.2 Å². The van der Waals surface area contributed by atoms with Crippen molar-refractivity contribution in [3.8, 4) is 0 Å². The summed E-state index contributed by atoms with van der Waals surface area (Å²) in [5.41, 5.74) is 6.04. The van der Waals surface area contributed by atoms with Crippen LogP contribution in [0, 0.1) is 0 Å². The Labute approximate surface area is 120 Å². The van der Waals surface area contributed by atoms with Crippen LogP contribution >= 0.6 is 15.9 Å². The Morgan fingerprint density at radius 1 is 1.47 bits per heavy atom. The first-order chi connectivity index (χ1) is 8.77. The van der Waals surface area contributed by atoms with Crippen LogP contribution in [-0.4, -0.2) is 26.9 Å². The third-order valence-corrected chi connectivity index (χ3v) is 4.58. The molecule has 0 aliphatic carbocycles. The summed E-state index contributed by atoms with van der Waals surface area (Å²) >= 11 is 3.16. The first kappa shape index (κ1) is 15.9. The van der Waals surface area contributed by atoms with Crippen molar-refractivity contribution in [1.29, 1.82) is 0 Å². The third-order valence-electron chi connectivity index (χ3n) is 2.36. The maximum atomic E-state index is 12.1. The average molecular weight is 350 g/mol. The van der Waals surface area contributed by atoms with Gasteiger partial charge in [-0.3, -0.25) is 4.79 Å². The quantitative estimate of drug-likeness (QED) is 0.685. The normalized spacial score (nSPS) is 13.0. The SMILES string of the molecule is CCNC(=O)C(C)NS(=O)(=O)c1ccc(N)c(Br)c1. The predicted molar refractivity (Wildman–Crippen MR) is 77.0 cm³/mol. The van der Waals surface area contributed by atoms with Crippen molar-refractivity contribution in [3.05, 3.63) is 22.7 Å². The summed E-state index contributed by atoms with van der Waals surface area (Å²) in [4.78, 5) is 11.6. The number of rotatable bonds is 5. The minimum absolute atomic E-state index is 0.0460. The van der Waals surface area contributed by atoms with Crippen LogP contribution in [0.25, 0.3) is 0 Å². The van der Waals surface area contributed by atoms with E-state index in [1.165, 1.54) is 25.1 Å². The van der Waals surface area contributed by atoms with Gasteiger partial charge < -0.3 is 11.1 Å². The monoisotopic (exact) mass is 349 g/mol. The molecular formula is C11H16BrN3O3S. The van der Waals surface area contributed by atoms with E-state index in [1.54, 1.807) is 6.92 Å². The molecule has 1 rings (SSSR count). The van der Waals surface area contributed by atoms with Gasteiger partial charge in [0.05, 0.1) is 10.9 Å². The molecule has 8 heteroatoms. The zero-order valence-electron chi connectivity index (χ0n) is 10.6. The van der Waals surface area contributed by atoms with Crippen molar-refractivity contribution in [1.82, 2.24) is 10.0 Å². The second-order valence-electron chi connectivity index (χ2n) is 3.92. The number of halogens is 1. The molecule has 1 aromatic carbocycles. The van der Waals surface area contributed by atoms with Gasteiger partial charge in [-0.1, -0.05) is 0 Å². The first-order valence-corrected chi connectivity index (χ1v) is 7.90. The van der Waals surface area contributed by atoms with E-state index in [0.29, 0.717) is 16.7 Å². The van der Waals surface area contributed by atoms with E-state index < -0.39 is 16.1 Å². The highest BCUT2D eigenvalue weighted by molar-refractivity contribution is 9.10. The molecule has 1 amide bonds. The molecular weight excluding hydrogens is 334 g/mol. The highest BCUT2D eigenvalue weighted by Crippen LogP contribution is 2.23. The Hall–Kier alpha value is -1.12. The lowest BCUT2D eigenvalue weighted by Gasteiger charge is -2.14. The molecule has 0 saturated carbocycles. The number of amides is 1. The molecule has 106 valence electrons. The lowest BCUT2D eigenvalue weighted by atomic mass is 10.3. The number of carbonyl (C=O) groups is 1. The Kier molecular flexibility index (Phi) is 5.33. The van der Waals surface area contributed by atoms with Gasteiger partial charge in [-0.05, 0) is 48.0 Å². The number of carbonyl (C=O) groups excluding carboxylic acids is 1. The molecule has 0 aliphatic rings. The number of likely N-dealkylation sites (N-methyl/N-ethyl adjacent to an activating group) is 1. The van der Waals surface area contributed by atoms with Gasteiger partial charge in [-0.25, -0.2) is 8.42 Å². The second kappa shape index (κ2) is 6.36. The Bertz CT molecular complexity index is 575. The van der Waals surface area contributed by atoms with Gasteiger partial charge in [0.15, 0.2) is 0 Å². The summed E-state index contributed by atoms with van der Waals surface area (Å²) in [6.07, 6.45) is 0. The summed E-state index contributed by atoms with van der Waals surface area (Å²) in [5, 5.41) is 2.54. The van der Waals surface area contributed by atoms with Gasteiger partial charge >= 0.3 is 0 Å². The van der Waals surface area contributed by atoms with Crippen LogP contribution in [-0.2, 0) is 14.8 Å². The fourth-order valence-corrected chi connectivity index (χ4v) is 3.12. The van der Waals surface area contributed by atoms with Crippen LogP contribution in [0.5, 0.6) is 0 Å². The zero-order chi connectivity index (χ0) is 14.6. The van der Waals surface area contributed by atoms with Crippen LogP contribution in [0.4, 0.5) is 5.69 Å². The van der Waals surface area contributed by atoms with Crippen molar-refractivity contribution in [2.45, 2.75) is 24.8 Å². The summed E-state index contributed by atoms with van der Waals surface area (Å²) < 4.78 is 26.9. The molecule has 0 aliphatic heterocycles. The Balaban J connectivity index is 2.92. The molecule has 19 heavy (non-hydrogen) atoms. The molecule has 6 nitrogen and oxygen atoms in total. The van der Waals surface area contributed by atoms with Gasteiger partial charge in [0.1, 0.15) is 0 Å². The zero-order valence-corrected chi connectivity index (χ0v) is 13.0. The maximum absolute atomic E-state index is 12.1. The van der Waals surface area contributed by atoms with Crippen molar-refractivity contribution in [3.63, 3.8) is 0 Å². The number of hydrogen-bond acceptors (Lipinski definition) is 4. The molecule has 0 saturated heterocycles. The number of benzene rings is 1. The van der Waals surface area contributed by atoms with Gasteiger partial charge in [0.2, 0.25) is 15.9 Å². The molecule has 4 N–H and O–H groups in total. The molecule has 1 unspecified atom stereocenters. The fourth-order valence-electron chi connectivity index (χ4n) is 1.36. The fraction of sp³-hybridized carbons (Fsp3) is 0.364. The summed E-state index contributed by atoms with van der Waals surface area (Å²) in [7, 11) is -3.76. The number of nitrogens with two attached hydrogens (primary N) is 1. The standard InChI is InChI=1S/C11H16BrN3O3S/c1-3-14-11(16)7(2)15-19(17,18)8-4-5-10(13)9(12)6-8/h4-7,15H,3,13H2,1-2H3,(H,14,16). The van der Waals surface area contributed by atoms with Crippen molar-refractivity contribution >= 4 is 37.5 Å². The summed E-state index contributed by atoms with van der Waals surface area (Å²) in [6.45, 7) is 3.68. The minimum atomic E-state index is -3.76. The van der Waals surface area contributed by atoms with E-state index in [9.17, 15) is 13.2 Å². The van der Waals surface area contributed by atoms with Crippen LogP contribution in [0.2, 0.25) is 0 Å². The smallest absolute Gasteiger partial charge is 0.241 e. The number of nitrogen functional groups attached to an aromatic ring is 1. The molecule has 0 aromatic heterocycles. The number of hydrogen-bond donors (Lipinski definition) is 3. The number of sulfonamides is 1. The average Bonchev–Trinajstić information content (AvgIpc) is 2.32. The summed E-state index contributed by atoms with van der Waals surface area (Å²) in [5.74, 6) is -0.374. The largest absolute Gasteiger partial charge is 0.398 e. The summed E-state index contributed by atoms with van der Waals surface area (Å²) in [6, 6.07) is 3.41. The Morgan fingerprint density at radius 2 is 2.11 bits per heavy atom. The minimum Gasteiger partial charge on any atom is -0.398 e. The second-order valence-corrected chi connectivity index (χ2v) is 6.49. The topological polar surface area (TPSA) is 101 Å². The van der Waals surface area contributed by atoms with E-state index in [-0.39, 0.29) is 10.8 Å². The molecule has 0 spiro atoms. The van der Waals surface area contributed by atoms with E-state index >= 15 is 0 Å². The lowest BCUT2D eigenvalue weighted by molar-refractivity contribution is -0.122. The molecule has 0 heterocycles. The molecule has 1 aromatic rings. The van der Waals surface area contributed by atoms with Gasteiger partial charge in [-0.2, -0.15) is 4.72 Å². The van der Waals surface area contributed by atoms with E-state index in [4.69, 9.17) is 5.73 Å². The van der Waals surface area contributed by atoms with Crippen LogP contribution in [0.15, 0.2) is 27.6 Å². The van der Waals surface area contributed by atoms with Gasteiger partial charge in [0, 0.05) is 16.7 Å². The van der Waals surface area contributed by atoms with E-state index in [0.717, 1.165) is 0 Å². The highest BCUT2D eigenvalue weighted by Gasteiger charge is 2.22. The van der Waals surface area contributed by atoms with Crippen molar-refractivity contribution in [2.75, 3.05) is 12.3 Å². The maximum Gasteiger partial charge on any atom is 0.241 e. The van der Waals surface area contributed by atoms with Crippen LogP contribution in [0.1, 0.15) is 13.8 Å². The Morgan fingerprint density at radius 3 is 2.63 bits per heavy atom. The predicted octanol–water partition coefficient (Wildman–Crippen LogP) is 0.834. The lowest BCUT2D eigenvalue weighted by Crippen LogP contribution is -2.44.